The lowest BCUT2D eigenvalue weighted by Crippen LogP contribution is -2.02. The molecule has 0 aliphatic rings. The summed E-state index contributed by atoms with van der Waals surface area (Å²) in [4.78, 5) is 0. The van der Waals surface area contributed by atoms with E-state index in [0.717, 1.165) is 99.2 Å². The number of benzene rings is 8. The maximum atomic E-state index is 10.8. The van der Waals surface area contributed by atoms with Crippen LogP contribution in [0.2, 0.25) is 0 Å². The Bertz CT molecular complexity index is 3590. The van der Waals surface area contributed by atoms with Crippen molar-refractivity contribution in [2.45, 2.75) is 0 Å². The lowest BCUT2D eigenvalue weighted by Gasteiger charge is -2.17. The molecule has 5 heteroatoms. The molecule has 0 fully saturated rings. The number of nitriles is 1. The Morgan fingerprint density at radius 1 is 0.426 bits per heavy atom. The zero-order chi connectivity index (χ0) is 35.5. The van der Waals surface area contributed by atoms with Crippen molar-refractivity contribution in [3.63, 3.8) is 0 Å². The molecule has 0 bridgehead atoms. The highest BCUT2D eigenvalue weighted by Gasteiger charge is 2.24. The summed E-state index contributed by atoms with van der Waals surface area (Å²) in [6.07, 6.45) is 0. The monoisotopic (exact) mass is 689 g/mol. The Labute approximate surface area is 307 Å². The molecule has 0 radical (unpaired) electrons. The molecule has 4 aromatic heterocycles. The summed E-state index contributed by atoms with van der Waals surface area (Å²) in [6, 6.07) is 59.3. The first kappa shape index (κ1) is 29.1. The van der Waals surface area contributed by atoms with Gasteiger partial charge in [0.2, 0.25) is 0 Å². The van der Waals surface area contributed by atoms with E-state index >= 15 is 0 Å². The number of fused-ring (bicyclic) bond motifs is 14. The summed E-state index contributed by atoms with van der Waals surface area (Å²) in [5, 5.41) is 19.6. The van der Waals surface area contributed by atoms with Crippen LogP contribution in [0.3, 0.4) is 0 Å². The smallest absolute Gasteiger partial charge is 0.137 e. The molecule has 5 nitrogen and oxygen atoms in total. The standard InChI is InChI=1S/C49H27N3O2/c50-28-30-12-10-18-32(47(30)52-40-20-6-2-15-34(40)36-24-26-44-46(49(36)52)38-17-4-8-22-42(38)54-44)29-11-9-13-31(27-29)51-39-19-5-1-14-33(39)35-23-25-43-45(48(35)51)37-16-3-7-21-41(37)53-43/h1-27H. The molecule has 0 N–H and O–H groups in total. The second kappa shape index (κ2) is 10.7. The highest BCUT2D eigenvalue weighted by Crippen LogP contribution is 2.45. The molecule has 0 aliphatic heterocycles. The second-order valence-electron chi connectivity index (χ2n) is 13.9. The van der Waals surface area contributed by atoms with E-state index in [0.29, 0.717) is 5.56 Å². The van der Waals surface area contributed by atoms with E-state index in [-0.39, 0.29) is 0 Å². The third kappa shape index (κ3) is 3.81. The van der Waals surface area contributed by atoms with E-state index in [1.165, 1.54) is 10.8 Å². The molecule has 0 amide bonds. The van der Waals surface area contributed by atoms with Crippen LogP contribution in [-0.2, 0) is 0 Å². The van der Waals surface area contributed by atoms with E-state index in [2.05, 4.69) is 143 Å². The Morgan fingerprint density at radius 3 is 1.59 bits per heavy atom. The maximum Gasteiger partial charge on any atom is 0.137 e. The number of furan rings is 2. The second-order valence-corrected chi connectivity index (χ2v) is 13.9. The van der Waals surface area contributed by atoms with Crippen molar-refractivity contribution in [2.24, 2.45) is 0 Å². The van der Waals surface area contributed by atoms with Crippen molar-refractivity contribution in [1.29, 1.82) is 5.26 Å². The van der Waals surface area contributed by atoms with Crippen molar-refractivity contribution >= 4 is 87.5 Å². The van der Waals surface area contributed by atoms with Crippen LogP contribution in [-0.4, -0.2) is 9.13 Å². The van der Waals surface area contributed by atoms with Gasteiger partial charge in [-0.2, -0.15) is 5.26 Å². The first-order valence-corrected chi connectivity index (χ1v) is 18.1. The van der Waals surface area contributed by atoms with Crippen LogP contribution in [0.1, 0.15) is 5.56 Å². The fourth-order valence-corrected chi connectivity index (χ4v) is 8.95. The Kier molecular flexibility index (Phi) is 5.78. The maximum absolute atomic E-state index is 10.8. The summed E-state index contributed by atoms with van der Waals surface area (Å²) in [6.45, 7) is 0. The van der Waals surface area contributed by atoms with Gasteiger partial charge in [0.05, 0.1) is 44.1 Å². The van der Waals surface area contributed by atoms with Crippen molar-refractivity contribution in [1.82, 2.24) is 9.13 Å². The lowest BCUT2D eigenvalue weighted by atomic mass is 9.99. The van der Waals surface area contributed by atoms with E-state index < -0.39 is 0 Å². The molecule has 250 valence electrons. The molecular weight excluding hydrogens is 663 g/mol. The largest absolute Gasteiger partial charge is 0.456 e. The van der Waals surface area contributed by atoms with Crippen LogP contribution in [0.25, 0.3) is 110 Å². The number of aromatic nitrogens is 2. The molecule has 12 aromatic rings. The fourth-order valence-electron chi connectivity index (χ4n) is 8.95. The highest BCUT2D eigenvalue weighted by molar-refractivity contribution is 6.26. The van der Waals surface area contributed by atoms with Gasteiger partial charge in [-0.3, -0.25) is 0 Å². The summed E-state index contributed by atoms with van der Waals surface area (Å²) in [7, 11) is 0. The molecule has 0 spiro atoms. The Morgan fingerprint density at radius 2 is 0.963 bits per heavy atom. The topological polar surface area (TPSA) is 59.9 Å². The summed E-state index contributed by atoms with van der Waals surface area (Å²) >= 11 is 0. The number of rotatable bonds is 3. The first-order valence-electron chi connectivity index (χ1n) is 18.1. The van der Waals surface area contributed by atoms with E-state index in [1.807, 2.05) is 36.4 Å². The van der Waals surface area contributed by atoms with Gasteiger partial charge in [-0.15, -0.1) is 0 Å². The Hall–Kier alpha value is -7.55. The van der Waals surface area contributed by atoms with Crippen LogP contribution >= 0.6 is 0 Å². The summed E-state index contributed by atoms with van der Waals surface area (Å²) < 4.78 is 17.5. The van der Waals surface area contributed by atoms with Gasteiger partial charge >= 0.3 is 0 Å². The highest BCUT2D eigenvalue weighted by atomic mass is 16.3. The molecule has 0 aliphatic carbocycles. The van der Waals surface area contributed by atoms with E-state index in [9.17, 15) is 5.26 Å². The molecule has 4 heterocycles. The zero-order valence-corrected chi connectivity index (χ0v) is 28.7. The van der Waals surface area contributed by atoms with Crippen LogP contribution in [0, 0.1) is 11.3 Å². The third-order valence-electron chi connectivity index (χ3n) is 11.1. The normalized spacial score (nSPS) is 12.1. The minimum absolute atomic E-state index is 0.591. The minimum Gasteiger partial charge on any atom is -0.456 e. The van der Waals surface area contributed by atoms with Gasteiger partial charge in [-0.05, 0) is 72.3 Å². The minimum atomic E-state index is 0.591. The van der Waals surface area contributed by atoms with Gasteiger partial charge in [0.1, 0.15) is 28.4 Å². The number of para-hydroxylation sites is 5. The predicted octanol–water partition coefficient (Wildman–Crippen LogP) is 13.2. The molecule has 0 saturated carbocycles. The van der Waals surface area contributed by atoms with Crippen LogP contribution < -0.4 is 0 Å². The number of nitrogens with zero attached hydrogens (tertiary/aromatic N) is 3. The molecule has 0 unspecified atom stereocenters. The number of hydrogen-bond acceptors (Lipinski definition) is 3. The molecule has 12 rings (SSSR count). The predicted molar refractivity (Wildman–Crippen MR) is 220 cm³/mol. The van der Waals surface area contributed by atoms with Gasteiger partial charge < -0.3 is 18.0 Å². The van der Waals surface area contributed by atoms with Gasteiger partial charge in [-0.1, -0.05) is 97.1 Å². The number of hydrogen-bond donors (Lipinski definition) is 0. The van der Waals surface area contributed by atoms with Crippen molar-refractivity contribution < 1.29 is 8.83 Å². The molecular formula is C49H27N3O2. The molecule has 0 saturated heterocycles. The average Bonchev–Trinajstić information content (AvgIpc) is 3.98. The van der Waals surface area contributed by atoms with Gasteiger partial charge in [-0.25, -0.2) is 0 Å². The van der Waals surface area contributed by atoms with Crippen molar-refractivity contribution in [3.8, 4) is 28.6 Å². The third-order valence-corrected chi connectivity index (χ3v) is 11.1. The van der Waals surface area contributed by atoms with Crippen molar-refractivity contribution in [2.75, 3.05) is 0 Å². The molecule has 54 heavy (non-hydrogen) atoms. The summed E-state index contributed by atoms with van der Waals surface area (Å²) in [5.41, 5.74) is 12.1. The SMILES string of the molecule is N#Cc1cccc(-c2cccc(-n3c4ccccc4c4ccc5oc6ccccc6c5c43)c2)c1-n1c2ccccc2c2ccc3oc4ccccc4c3c21. The van der Waals surface area contributed by atoms with Gasteiger partial charge in [0, 0.05) is 43.6 Å². The molecule has 0 atom stereocenters. The zero-order valence-electron chi connectivity index (χ0n) is 28.7. The fraction of sp³-hybridized carbons (Fsp3) is 0. The van der Waals surface area contributed by atoms with Crippen molar-refractivity contribution in [3.05, 3.63) is 169 Å². The average molecular weight is 690 g/mol. The van der Waals surface area contributed by atoms with E-state index in [4.69, 9.17) is 8.83 Å². The first-order chi connectivity index (χ1) is 26.8. The van der Waals surface area contributed by atoms with Crippen LogP contribution in [0.5, 0.6) is 0 Å². The van der Waals surface area contributed by atoms with Gasteiger partial charge in [0.25, 0.3) is 0 Å². The quantitative estimate of drug-likeness (QED) is 0.185. The summed E-state index contributed by atoms with van der Waals surface area (Å²) in [5.74, 6) is 0. The lowest BCUT2D eigenvalue weighted by molar-refractivity contribution is 0.669. The van der Waals surface area contributed by atoms with Gasteiger partial charge in [0.15, 0.2) is 0 Å². The molecule has 8 aromatic carbocycles. The van der Waals surface area contributed by atoms with Crippen LogP contribution in [0.15, 0.2) is 173 Å². The Balaban J connectivity index is 1.19. The van der Waals surface area contributed by atoms with Crippen LogP contribution in [0.4, 0.5) is 0 Å². The van der Waals surface area contributed by atoms with E-state index in [1.54, 1.807) is 0 Å².